The fourth-order valence-corrected chi connectivity index (χ4v) is 6.24. The van der Waals surface area contributed by atoms with Gasteiger partial charge in [0.25, 0.3) is 5.91 Å². The van der Waals surface area contributed by atoms with Crippen molar-refractivity contribution in [1.82, 2.24) is 10.2 Å². The zero-order chi connectivity index (χ0) is 25.3. The van der Waals surface area contributed by atoms with E-state index in [9.17, 15) is 23.1 Å². The highest BCUT2D eigenvalue weighted by Gasteiger charge is 2.50. The van der Waals surface area contributed by atoms with E-state index in [0.717, 1.165) is 63.3 Å². The van der Waals surface area contributed by atoms with Crippen molar-refractivity contribution in [2.45, 2.75) is 62.7 Å². The van der Waals surface area contributed by atoms with Gasteiger partial charge in [-0.2, -0.15) is 13.2 Å². The van der Waals surface area contributed by atoms with Crippen molar-refractivity contribution in [2.24, 2.45) is 11.8 Å². The lowest BCUT2D eigenvalue weighted by molar-refractivity contribution is -0.133. The van der Waals surface area contributed by atoms with E-state index >= 15 is 0 Å². The molecule has 0 spiro atoms. The smallest absolute Gasteiger partial charge is 0.421 e. The normalized spacial score (nSPS) is 27.4. The molecule has 2 aliphatic carbocycles. The molecule has 0 radical (unpaired) electrons. The van der Waals surface area contributed by atoms with Gasteiger partial charge in [-0.1, -0.05) is 55.3 Å². The second-order valence-electron chi connectivity index (χ2n) is 10.7. The molecule has 2 aromatic carbocycles. The molecule has 5 rings (SSSR count). The monoisotopic (exact) mass is 498 g/mol. The number of nitrogens with zero attached hydrogens (tertiary/aromatic N) is 1. The lowest BCUT2D eigenvalue weighted by Gasteiger charge is -2.54. The van der Waals surface area contributed by atoms with Gasteiger partial charge in [0.05, 0.1) is 6.17 Å². The summed E-state index contributed by atoms with van der Waals surface area (Å²) in [4.78, 5) is 15.4. The first-order chi connectivity index (χ1) is 17.2. The van der Waals surface area contributed by atoms with E-state index in [4.69, 9.17) is 0 Å². The number of phenols is 1. The summed E-state index contributed by atoms with van der Waals surface area (Å²) < 4.78 is 42.0. The highest BCUT2D eigenvalue weighted by atomic mass is 19.4. The Hall–Kier alpha value is -2.80. The Morgan fingerprint density at radius 2 is 1.86 bits per heavy atom. The minimum atomic E-state index is -4.77. The number of amides is 1. The van der Waals surface area contributed by atoms with Crippen LogP contribution in [0.3, 0.4) is 0 Å². The Labute approximate surface area is 210 Å². The number of benzene rings is 2. The molecule has 0 bridgehead atoms. The van der Waals surface area contributed by atoms with Crippen molar-refractivity contribution in [3.63, 3.8) is 0 Å². The number of carbonyl (C=O) groups is 1. The molecule has 2 N–H and O–H groups in total. The van der Waals surface area contributed by atoms with Crippen molar-refractivity contribution in [3.05, 3.63) is 71.3 Å². The highest BCUT2D eigenvalue weighted by molar-refractivity contribution is 5.99. The second kappa shape index (κ2) is 9.92. The fraction of sp³-hybridized carbons (Fsp3) is 0.483. The maximum absolute atomic E-state index is 14.0. The summed E-state index contributed by atoms with van der Waals surface area (Å²) in [5.74, 6) is -0.0140. The molecule has 0 aromatic heterocycles. The molecule has 36 heavy (non-hydrogen) atoms. The molecule has 192 valence electrons. The first-order valence-electron chi connectivity index (χ1n) is 12.9. The van der Waals surface area contributed by atoms with Crippen molar-refractivity contribution in [1.29, 1.82) is 0 Å². The number of piperidine rings is 1. The highest BCUT2D eigenvalue weighted by Crippen LogP contribution is 2.51. The molecule has 1 saturated heterocycles. The number of hydrogen-bond donors (Lipinski definition) is 2. The Bertz CT molecular complexity index is 1110. The third-order valence-electron chi connectivity index (χ3n) is 8.23. The van der Waals surface area contributed by atoms with Gasteiger partial charge in [-0.05, 0) is 73.3 Å². The van der Waals surface area contributed by atoms with E-state index in [-0.39, 0.29) is 11.2 Å². The largest absolute Gasteiger partial charge is 0.508 e. The summed E-state index contributed by atoms with van der Waals surface area (Å²) in [6.07, 6.45) is 2.53. The van der Waals surface area contributed by atoms with Gasteiger partial charge >= 0.3 is 6.18 Å². The van der Waals surface area contributed by atoms with Crippen LogP contribution >= 0.6 is 0 Å². The molecule has 4 nitrogen and oxygen atoms in total. The van der Waals surface area contributed by atoms with Crippen LogP contribution in [0.25, 0.3) is 6.08 Å². The van der Waals surface area contributed by atoms with Gasteiger partial charge in [0, 0.05) is 18.5 Å². The van der Waals surface area contributed by atoms with Gasteiger partial charge < -0.3 is 10.4 Å². The van der Waals surface area contributed by atoms with Crippen molar-refractivity contribution in [2.75, 3.05) is 13.1 Å². The van der Waals surface area contributed by atoms with Crippen LogP contribution in [-0.4, -0.2) is 41.3 Å². The van der Waals surface area contributed by atoms with Gasteiger partial charge in [0.2, 0.25) is 0 Å². The average molecular weight is 499 g/mol. The van der Waals surface area contributed by atoms with Gasteiger partial charge in [0.15, 0.2) is 0 Å². The third kappa shape index (κ3) is 5.31. The Balaban J connectivity index is 1.47. The van der Waals surface area contributed by atoms with E-state index in [0.29, 0.717) is 23.8 Å². The Morgan fingerprint density at radius 3 is 2.56 bits per heavy atom. The van der Waals surface area contributed by atoms with Crippen LogP contribution in [0.2, 0.25) is 0 Å². The molecule has 1 unspecified atom stereocenters. The van der Waals surface area contributed by atoms with Crippen molar-refractivity contribution < 1.29 is 23.1 Å². The number of alkyl halides is 3. The van der Waals surface area contributed by atoms with Gasteiger partial charge in [-0.3, -0.25) is 9.69 Å². The maximum atomic E-state index is 14.0. The standard InChI is InChI=1S/C29H33F3N2O2/c30-29(31,32)25(15-20-7-2-1-3-8-20)27(36)33-26-17-28(22-10-6-11-24(35)16-22)14-5-4-9-23(28)19-34(26)18-21-12-13-21/h1-3,6-8,10-11,15-16,21,23,26,35H,4-5,9,12-14,17-19H2,(H,33,36)/t23?,26-,28-/m0/s1. The number of nitrogens with one attached hydrogen (secondary N) is 1. The number of phenolic OH excluding ortho intramolecular Hbond substituents is 1. The molecule has 7 heteroatoms. The molecular weight excluding hydrogens is 465 g/mol. The summed E-state index contributed by atoms with van der Waals surface area (Å²) in [5.41, 5.74) is -0.107. The number of hydrogen-bond acceptors (Lipinski definition) is 3. The quantitative estimate of drug-likeness (QED) is 0.479. The van der Waals surface area contributed by atoms with Crippen LogP contribution < -0.4 is 5.32 Å². The summed E-state index contributed by atoms with van der Waals surface area (Å²) in [6.45, 7) is 1.53. The van der Waals surface area contributed by atoms with E-state index in [1.165, 1.54) is 0 Å². The predicted octanol–water partition coefficient (Wildman–Crippen LogP) is 6.02. The molecule has 3 aliphatic rings. The first-order valence-corrected chi connectivity index (χ1v) is 12.9. The summed E-state index contributed by atoms with van der Waals surface area (Å²) in [7, 11) is 0. The number of fused-ring (bicyclic) bond motifs is 1. The second-order valence-corrected chi connectivity index (χ2v) is 10.7. The van der Waals surface area contributed by atoms with Crippen LogP contribution in [0, 0.1) is 11.8 Å². The maximum Gasteiger partial charge on any atom is 0.421 e. The number of rotatable bonds is 6. The first kappa shape index (κ1) is 24.9. The Kier molecular flexibility index (Phi) is 6.86. The minimum Gasteiger partial charge on any atom is -0.508 e. The lowest BCUT2D eigenvalue weighted by atomic mass is 9.58. The molecule has 1 aliphatic heterocycles. The van der Waals surface area contributed by atoms with Gasteiger partial charge in [-0.15, -0.1) is 0 Å². The van der Waals surface area contributed by atoms with Crippen LogP contribution in [0.1, 0.15) is 56.1 Å². The van der Waals surface area contributed by atoms with Crippen molar-refractivity contribution in [3.8, 4) is 5.75 Å². The van der Waals surface area contributed by atoms with E-state index in [1.807, 2.05) is 12.1 Å². The van der Waals surface area contributed by atoms with Crippen LogP contribution in [0.4, 0.5) is 13.2 Å². The zero-order valence-corrected chi connectivity index (χ0v) is 20.3. The number of aromatic hydroxyl groups is 1. The van der Waals surface area contributed by atoms with E-state index in [2.05, 4.69) is 10.2 Å². The van der Waals surface area contributed by atoms with E-state index < -0.39 is 23.8 Å². The van der Waals surface area contributed by atoms with Crippen LogP contribution in [0.15, 0.2) is 60.2 Å². The molecule has 3 atom stereocenters. The molecular formula is C29H33F3N2O2. The van der Waals surface area contributed by atoms with Crippen LogP contribution in [-0.2, 0) is 10.2 Å². The molecule has 3 fully saturated rings. The average Bonchev–Trinajstić information content (AvgIpc) is 3.67. The third-order valence-corrected chi connectivity index (χ3v) is 8.23. The van der Waals surface area contributed by atoms with Gasteiger partial charge in [0.1, 0.15) is 11.3 Å². The van der Waals surface area contributed by atoms with Crippen LogP contribution in [0.5, 0.6) is 5.75 Å². The number of carbonyl (C=O) groups excluding carboxylic acids is 1. The van der Waals surface area contributed by atoms with E-state index in [1.54, 1.807) is 42.5 Å². The Morgan fingerprint density at radius 1 is 1.08 bits per heavy atom. The summed E-state index contributed by atoms with van der Waals surface area (Å²) in [5, 5.41) is 13.0. The predicted molar refractivity (Wildman–Crippen MR) is 133 cm³/mol. The lowest BCUT2D eigenvalue weighted by Crippen LogP contribution is -2.61. The fourth-order valence-electron chi connectivity index (χ4n) is 6.24. The van der Waals surface area contributed by atoms with Gasteiger partial charge in [-0.25, -0.2) is 0 Å². The zero-order valence-electron chi connectivity index (χ0n) is 20.3. The van der Waals surface area contributed by atoms with Crippen molar-refractivity contribution >= 4 is 12.0 Å². The minimum absolute atomic E-state index is 0.192. The topological polar surface area (TPSA) is 52.6 Å². The SMILES string of the molecule is O=C(N[C@@H]1C[C@]2(c3cccc(O)c3)CCCCC2CN1CC1CC1)C(=Cc1ccccc1)C(F)(F)F. The molecule has 1 amide bonds. The molecule has 2 aromatic rings. The number of halogens is 3. The molecule has 1 heterocycles. The summed E-state index contributed by atoms with van der Waals surface area (Å²) in [6, 6.07) is 15.4. The summed E-state index contributed by atoms with van der Waals surface area (Å²) >= 11 is 0. The molecule has 2 saturated carbocycles. The number of likely N-dealkylation sites (tertiary alicyclic amines) is 1.